The van der Waals surface area contributed by atoms with Crippen molar-refractivity contribution in [2.24, 2.45) is 5.92 Å². The molecule has 1 aliphatic heterocycles. The van der Waals surface area contributed by atoms with Gasteiger partial charge in [-0.2, -0.15) is 0 Å². The van der Waals surface area contributed by atoms with E-state index in [0.29, 0.717) is 23.0 Å². The second-order valence-electron chi connectivity index (χ2n) is 5.08. The summed E-state index contributed by atoms with van der Waals surface area (Å²) < 4.78 is 5.09. The maximum absolute atomic E-state index is 12.1. The van der Waals surface area contributed by atoms with Gasteiger partial charge in [-0.15, -0.1) is 0 Å². The average molecular weight is 263 g/mol. The van der Waals surface area contributed by atoms with E-state index in [9.17, 15) is 4.79 Å². The van der Waals surface area contributed by atoms with E-state index in [1.54, 1.807) is 25.3 Å². The Kier molecular flexibility index (Phi) is 4.14. The quantitative estimate of drug-likeness (QED) is 0.806. The lowest BCUT2D eigenvalue weighted by Gasteiger charge is -2.31. The number of piperidine rings is 1. The Morgan fingerprint density at radius 2 is 2.32 bits per heavy atom. The summed E-state index contributed by atoms with van der Waals surface area (Å²) in [5.74, 6) is 1.19. The summed E-state index contributed by atoms with van der Waals surface area (Å²) in [7, 11) is 1.57. The lowest BCUT2D eigenvalue weighted by molar-refractivity contribution is 0.182. The summed E-state index contributed by atoms with van der Waals surface area (Å²) in [6.45, 7) is 3.81. The van der Waals surface area contributed by atoms with Gasteiger partial charge in [0.15, 0.2) is 0 Å². The maximum atomic E-state index is 12.1. The first-order chi connectivity index (χ1) is 9.10. The number of nitrogens with two attached hydrogens (primary N) is 1. The molecule has 2 amide bonds. The molecule has 0 bridgehead atoms. The average Bonchev–Trinajstić information content (AvgIpc) is 2.39. The molecule has 1 saturated heterocycles. The fourth-order valence-corrected chi connectivity index (χ4v) is 2.39. The number of methoxy groups -OCH3 is 1. The van der Waals surface area contributed by atoms with Crippen LogP contribution in [0.15, 0.2) is 18.2 Å². The van der Waals surface area contributed by atoms with E-state index in [1.165, 1.54) is 6.42 Å². The molecule has 104 valence electrons. The third-order valence-corrected chi connectivity index (χ3v) is 3.43. The lowest BCUT2D eigenvalue weighted by atomic mass is 10.0. The largest absolute Gasteiger partial charge is 0.495 e. The first-order valence-electron chi connectivity index (χ1n) is 6.59. The number of likely N-dealkylation sites (tertiary alicyclic amines) is 1. The van der Waals surface area contributed by atoms with Crippen molar-refractivity contribution >= 4 is 17.4 Å². The number of carbonyl (C=O) groups excluding carboxylic acids is 1. The Labute approximate surface area is 113 Å². The normalized spacial score (nSPS) is 19.1. The van der Waals surface area contributed by atoms with Crippen molar-refractivity contribution in [1.29, 1.82) is 0 Å². The number of nitrogen functional groups attached to an aromatic ring is 1. The molecule has 0 radical (unpaired) electrons. The highest BCUT2D eigenvalue weighted by atomic mass is 16.5. The molecule has 1 aromatic rings. The minimum Gasteiger partial charge on any atom is -0.495 e. The molecular formula is C14H21N3O2. The van der Waals surface area contributed by atoms with Crippen molar-refractivity contribution in [2.75, 3.05) is 31.2 Å². The Hall–Kier alpha value is -1.91. The Bertz CT molecular complexity index is 462. The smallest absolute Gasteiger partial charge is 0.321 e. The summed E-state index contributed by atoms with van der Waals surface area (Å²) in [5.41, 5.74) is 7.03. The third kappa shape index (κ3) is 3.30. The number of carbonyl (C=O) groups is 1. The standard InChI is InChI=1S/C14H21N3O2/c1-10-4-3-7-17(9-10)14(18)16-11-5-6-13(19-2)12(15)8-11/h5-6,8,10H,3-4,7,9,15H2,1-2H3,(H,16,18). The molecule has 0 aromatic heterocycles. The number of nitrogens with one attached hydrogen (secondary N) is 1. The molecule has 2 rings (SSSR count). The SMILES string of the molecule is COc1ccc(NC(=O)N2CCCC(C)C2)cc1N. The summed E-state index contributed by atoms with van der Waals surface area (Å²) in [6, 6.07) is 5.20. The topological polar surface area (TPSA) is 67.6 Å². The molecule has 1 unspecified atom stereocenters. The minimum absolute atomic E-state index is 0.0592. The van der Waals surface area contributed by atoms with Crippen molar-refractivity contribution in [2.45, 2.75) is 19.8 Å². The third-order valence-electron chi connectivity index (χ3n) is 3.43. The monoisotopic (exact) mass is 263 g/mol. The lowest BCUT2D eigenvalue weighted by Crippen LogP contribution is -2.41. The summed E-state index contributed by atoms with van der Waals surface area (Å²) in [4.78, 5) is 14.0. The first kappa shape index (κ1) is 13.5. The summed E-state index contributed by atoms with van der Waals surface area (Å²) >= 11 is 0. The fraction of sp³-hybridized carbons (Fsp3) is 0.500. The van der Waals surface area contributed by atoms with Gasteiger partial charge in [0.1, 0.15) is 5.75 Å². The number of anilines is 2. The summed E-state index contributed by atoms with van der Waals surface area (Å²) in [5, 5.41) is 2.88. The van der Waals surface area contributed by atoms with Crippen LogP contribution in [0.2, 0.25) is 0 Å². The van der Waals surface area contributed by atoms with Crippen LogP contribution < -0.4 is 15.8 Å². The molecule has 1 heterocycles. The van der Waals surface area contributed by atoms with Gasteiger partial charge in [0.25, 0.3) is 0 Å². The van der Waals surface area contributed by atoms with Crippen LogP contribution >= 0.6 is 0 Å². The number of hydrogen-bond donors (Lipinski definition) is 2. The molecule has 1 fully saturated rings. The van der Waals surface area contributed by atoms with E-state index in [-0.39, 0.29) is 6.03 Å². The van der Waals surface area contributed by atoms with Crippen molar-refractivity contribution < 1.29 is 9.53 Å². The highest BCUT2D eigenvalue weighted by Crippen LogP contribution is 2.25. The minimum atomic E-state index is -0.0592. The highest BCUT2D eigenvalue weighted by molar-refractivity contribution is 5.90. The molecule has 1 atom stereocenters. The van der Waals surface area contributed by atoms with Gasteiger partial charge in [0, 0.05) is 18.8 Å². The molecule has 3 N–H and O–H groups in total. The second kappa shape index (κ2) is 5.82. The molecule has 1 aliphatic rings. The number of hydrogen-bond acceptors (Lipinski definition) is 3. The van der Waals surface area contributed by atoms with Crippen LogP contribution in [0.5, 0.6) is 5.75 Å². The molecular weight excluding hydrogens is 242 g/mol. The van der Waals surface area contributed by atoms with E-state index in [1.807, 2.05) is 4.90 Å². The van der Waals surface area contributed by atoms with Crippen molar-refractivity contribution in [3.8, 4) is 5.75 Å². The van der Waals surface area contributed by atoms with Crippen LogP contribution in [-0.4, -0.2) is 31.1 Å². The van der Waals surface area contributed by atoms with Crippen molar-refractivity contribution in [3.05, 3.63) is 18.2 Å². The van der Waals surface area contributed by atoms with Crippen LogP contribution in [0.4, 0.5) is 16.2 Å². The van der Waals surface area contributed by atoms with E-state index < -0.39 is 0 Å². The Balaban J connectivity index is 2.00. The van der Waals surface area contributed by atoms with Gasteiger partial charge >= 0.3 is 6.03 Å². The maximum Gasteiger partial charge on any atom is 0.321 e. The number of amides is 2. The zero-order valence-electron chi connectivity index (χ0n) is 11.5. The van der Waals surface area contributed by atoms with Crippen LogP contribution in [0.1, 0.15) is 19.8 Å². The molecule has 0 aliphatic carbocycles. The molecule has 1 aromatic carbocycles. The van der Waals surface area contributed by atoms with Crippen LogP contribution in [0, 0.1) is 5.92 Å². The highest BCUT2D eigenvalue weighted by Gasteiger charge is 2.20. The number of rotatable bonds is 2. The van der Waals surface area contributed by atoms with E-state index in [2.05, 4.69) is 12.2 Å². The van der Waals surface area contributed by atoms with Gasteiger partial charge in [-0.3, -0.25) is 0 Å². The first-order valence-corrected chi connectivity index (χ1v) is 6.59. The molecule has 0 spiro atoms. The summed E-state index contributed by atoms with van der Waals surface area (Å²) in [6.07, 6.45) is 2.26. The van der Waals surface area contributed by atoms with Gasteiger partial charge in [-0.05, 0) is 37.0 Å². The fourth-order valence-electron chi connectivity index (χ4n) is 2.39. The van der Waals surface area contributed by atoms with E-state index in [4.69, 9.17) is 10.5 Å². The van der Waals surface area contributed by atoms with Crippen LogP contribution in [0.25, 0.3) is 0 Å². The zero-order valence-corrected chi connectivity index (χ0v) is 11.5. The van der Waals surface area contributed by atoms with Crippen molar-refractivity contribution in [1.82, 2.24) is 4.90 Å². The predicted molar refractivity (Wildman–Crippen MR) is 76.4 cm³/mol. The van der Waals surface area contributed by atoms with Crippen molar-refractivity contribution in [3.63, 3.8) is 0 Å². The molecule has 5 nitrogen and oxygen atoms in total. The van der Waals surface area contributed by atoms with Gasteiger partial charge in [0.05, 0.1) is 12.8 Å². The predicted octanol–water partition coefficient (Wildman–Crippen LogP) is 2.54. The number of nitrogens with zero attached hydrogens (tertiary/aromatic N) is 1. The number of ether oxygens (including phenoxy) is 1. The number of urea groups is 1. The molecule has 19 heavy (non-hydrogen) atoms. The van der Waals surface area contributed by atoms with Crippen LogP contribution in [-0.2, 0) is 0 Å². The van der Waals surface area contributed by atoms with Gasteiger partial charge in [0.2, 0.25) is 0 Å². The Morgan fingerprint density at radius 3 is 2.95 bits per heavy atom. The second-order valence-corrected chi connectivity index (χ2v) is 5.08. The van der Waals surface area contributed by atoms with Crippen LogP contribution in [0.3, 0.4) is 0 Å². The Morgan fingerprint density at radius 1 is 1.53 bits per heavy atom. The van der Waals surface area contributed by atoms with Gasteiger partial charge in [-0.1, -0.05) is 6.92 Å². The van der Waals surface area contributed by atoms with Gasteiger partial charge < -0.3 is 20.7 Å². The zero-order chi connectivity index (χ0) is 13.8. The molecule has 0 saturated carbocycles. The van der Waals surface area contributed by atoms with E-state index in [0.717, 1.165) is 19.5 Å². The van der Waals surface area contributed by atoms with E-state index >= 15 is 0 Å². The number of benzene rings is 1. The van der Waals surface area contributed by atoms with Gasteiger partial charge in [-0.25, -0.2) is 4.79 Å². The molecule has 5 heteroatoms.